The van der Waals surface area contributed by atoms with Crippen LogP contribution in [0.4, 0.5) is 0 Å². The molecule has 100 valence electrons. The van der Waals surface area contributed by atoms with Crippen molar-refractivity contribution >= 4 is 15.9 Å². The second-order valence-electron chi connectivity index (χ2n) is 4.14. The molecule has 0 fully saturated rings. The Kier molecular flexibility index (Phi) is 3.15. The summed E-state index contributed by atoms with van der Waals surface area (Å²) < 4.78 is 6.09. The molecule has 3 rings (SSSR count). The Morgan fingerprint density at radius 1 is 0.950 bits per heavy atom. The highest BCUT2D eigenvalue weighted by molar-refractivity contribution is 9.10. The van der Waals surface area contributed by atoms with Crippen LogP contribution in [0, 0.1) is 0 Å². The van der Waals surface area contributed by atoms with Crippen LogP contribution in [-0.4, -0.2) is 20.4 Å². The van der Waals surface area contributed by atoms with E-state index >= 15 is 0 Å². The van der Waals surface area contributed by atoms with Gasteiger partial charge in [-0.1, -0.05) is 33.2 Å². The molecule has 20 heavy (non-hydrogen) atoms. The molecule has 0 radical (unpaired) electrons. The van der Waals surface area contributed by atoms with E-state index in [0.717, 1.165) is 10.0 Å². The fraction of sp³-hybridized carbons (Fsp3) is 0. The quantitative estimate of drug-likeness (QED) is 0.701. The predicted molar refractivity (Wildman–Crippen MR) is 76.2 cm³/mol. The van der Waals surface area contributed by atoms with Crippen molar-refractivity contribution in [3.8, 4) is 34.3 Å². The normalized spacial score (nSPS) is 10.7. The van der Waals surface area contributed by atoms with Crippen LogP contribution in [-0.2, 0) is 0 Å². The van der Waals surface area contributed by atoms with Crippen molar-refractivity contribution in [3.63, 3.8) is 0 Å². The first kappa shape index (κ1) is 12.7. The fourth-order valence-electron chi connectivity index (χ4n) is 1.74. The van der Waals surface area contributed by atoms with Gasteiger partial charge in [0.25, 0.3) is 5.89 Å². The van der Waals surface area contributed by atoms with E-state index in [-0.39, 0.29) is 17.4 Å². The Morgan fingerprint density at radius 2 is 1.80 bits per heavy atom. The van der Waals surface area contributed by atoms with Gasteiger partial charge in [0.05, 0.1) is 0 Å². The number of aromatic hydroxyl groups is 2. The van der Waals surface area contributed by atoms with E-state index in [1.54, 1.807) is 6.07 Å². The van der Waals surface area contributed by atoms with Crippen molar-refractivity contribution in [2.45, 2.75) is 0 Å². The number of aromatic nitrogens is 2. The molecule has 0 bridgehead atoms. The van der Waals surface area contributed by atoms with Gasteiger partial charge >= 0.3 is 0 Å². The Balaban J connectivity index is 1.99. The van der Waals surface area contributed by atoms with Crippen LogP contribution in [0.5, 0.6) is 11.5 Å². The Morgan fingerprint density at radius 3 is 2.55 bits per heavy atom. The zero-order valence-electron chi connectivity index (χ0n) is 10.1. The molecule has 2 N–H and O–H groups in total. The van der Waals surface area contributed by atoms with Crippen molar-refractivity contribution < 1.29 is 14.7 Å². The van der Waals surface area contributed by atoms with Gasteiger partial charge in [-0.05, 0) is 30.3 Å². The lowest BCUT2D eigenvalue weighted by Gasteiger charge is -1.98. The summed E-state index contributed by atoms with van der Waals surface area (Å²) in [6.07, 6.45) is 0. The van der Waals surface area contributed by atoms with Crippen LogP contribution in [0.2, 0.25) is 0 Å². The SMILES string of the molecule is Oc1ccc(-c2nc(-c3cccc(Br)c3)no2)cc1O. The van der Waals surface area contributed by atoms with E-state index in [4.69, 9.17) is 4.52 Å². The highest BCUT2D eigenvalue weighted by atomic mass is 79.9. The summed E-state index contributed by atoms with van der Waals surface area (Å²) in [4.78, 5) is 4.27. The summed E-state index contributed by atoms with van der Waals surface area (Å²) in [5.74, 6) is 0.300. The van der Waals surface area contributed by atoms with Crippen molar-refractivity contribution in [3.05, 3.63) is 46.9 Å². The summed E-state index contributed by atoms with van der Waals surface area (Å²) in [5, 5.41) is 22.7. The van der Waals surface area contributed by atoms with Gasteiger partial charge in [0, 0.05) is 15.6 Å². The van der Waals surface area contributed by atoms with E-state index < -0.39 is 0 Å². The third kappa shape index (κ3) is 2.37. The maximum atomic E-state index is 9.48. The lowest BCUT2D eigenvalue weighted by molar-refractivity contribution is 0.402. The molecule has 1 heterocycles. The molecule has 5 nitrogen and oxygen atoms in total. The van der Waals surface area contributed by atoms with Crippen molar-refractivity contribution in [2.24, 2.45) is 0 Å². The van der Waals surface area contributed by atoms with E-state index in [1.807, 2.05) is 24.3 Å². The van der Waals surface area contributed by atoms with Gasteiger partial charge in [-0.2, -0.15) is 4.98 Å². The topological polar surface area (TPSA) is 79.4 Å². The lowest BCUT2D eigenvalue weighted by Crippen LogP contribution is -1.81. The molecular weight excluding hydrogens is 324 g/mol. The first-order chi connectivity index (χ1) is 9.63. The molecule has 0 aliphatic carbocycles. The Bertz CT molecular complexity index is 771. The molecule has 2 aromatic carbocycles. The number of phenolic OH excluding ortho intramolecular Hbond substituents is 2. The minimum atomic E-state index is -0.232. The first-order valence-corrected chi connectivity index (χ1v) is 6.55. The van der Waals surface area contributed by atoms with Crippen molar-refractivity contribution in [2.75, 3.05) is 0 Å². The maximum Gasteiger partial charge on any atom is 0.258 e. The summed E-state index contributed by atoms with van der Waals surface area (Å²) in [7, 11) is 0. The van der Waals surface area contributed by atoms with Crippen molar-refractivity contribution in [1.29, 1.82) is 0 Å². The fourth-order valence-corrected chi connectivity index (χ4v) is 2.14. The summed E-state index contributed by atoms with van der Waals surface area (Å²) in [5.41, 5.74) is 1.35. The number of halogens is 1. The summed E-state index contributed by atoms with van der Waals surface area (Å²) in [6.45, 7) is 0. The van der Waals surface area contributed by atoms with Crippen LogP contribution < -0.4 is 0 Å². The number of phenols is 2. The first-order valence-electron chi connectivity index (χ1n) is 5.75. The van der Waals surface area contributed by atoms with Crippen LogP contribution >= 0.6 is 15.9 Å². The van der Waals surface area contributed by atoms with Crippen LogP contribution in [0.1, 0.15) is 0 Å². The monoisotopic (exact) mass is 332 g/mol. The van der Waals surface area contributed by atoms with E-state index in [1.165, 1.54) is 12.1 Å². The highest BCUT2D eigenvalue weighted by Crippen LogP contribution is 2.30. The maximum absolute atomic E-state index is 9.48. The molecule has 6 heteroatoms. The minimum absolute atomic E-state index is 0.194. The molecule has 0 aliphatic rings. The van der Waals surface area contributed by atoms with Gasteiger partial charge in [-0.15, -0.1) is 0 Å². The Labute approximate surface area is 122 Å². The van der Waals surface area contributed by atoms with Gasteiger partial charge < -0.3 is 14.7 Å². The molecule has 0 saturated heterocycles. The van der Waals surface area contributed by atoms with Gasteiger partial charge in [-0.25, -0.2) is 0 Å². The van der Waals surface area contributed by atoms with Gasteiger partial charge in [-0.3, -0.25) is 0 Å². The number of hydrogen-bond acceptors (Lipinski definition) is 5. The number of rotatable bonds is 2. The summed E-state index contributed by atoms with van der Waals surface area (Å²) >= 11 is 3.38. The van der Waals surface area contributed by atoms with Gasteiger partial charge in [0.2, 0.25) is 5.82 Å². The second kappa shape index (κ2) is 4.97. The molecular formula is C14H9BrN2O3. The summed E-state index contributed by atoms with van der Waals surface area (Å²) in [6, 6.07) is 11.9. The van der Waals surface area contributed by atoms with Crippen LogP contribution in [0.15, 0.2) is 51.5 Å². The van der Waals surface area contributed by atoms with E-state index in [2.05, 4.69) is 26.1 Å². The molecule has 0 aliphatic heterocycles. The zero-order chi connectivity index (χ0) is 14.1. The molecule has 0 amide bonds. The zero-order valence-corrected chi connectivity index (χ0v) is 11.7. The third-order valence-electron chi connectivity index (χ3n) is 2.73. The van der Waals surface area contributed by atoms with Gasteiger partial charge in [0.15, 0.2) is 11.5 Å². The molecule has 0 saturated carbocycles. The molecule has 0 spiro atoms. The third-order valence-corrected chi connectivity index (χ3v) is 3.22. The number of nitrogens with zero attached hydrogens (tertiary/aromatic N) is 2. The van der Waals surface area contributed by atoms with Crippen molar-refractivity contribution in [1.82, 2.24) is 10.1 Å². The second-order valence-corrected chi connectivity index (χ2v) is 5.05. The largest absolute Gasteiger partial charge is 0.504 e. The molecule has 3 aromatic rings. The minimum Gasteiger partial charge on any atom is -0.504 e. The average molecular weight is 333 g/mol. The lowest BCUT2D eigenvalue weighted by atomic mass is 10.2. The number of benzene rings is 2. The number of hydrogen-bond donors (Lipinski definition) is 2. The van der Waals surface area contributed by atoms with E-state index in [0.29, 0.717) is 11.4 Å². The standard InChI is InChI=1S/C14H9BrN2O3/c15-10-3-1-2-8(6-10)13-16-14(20-17-13)9-4-5-11(18)12(19)7-9/h1-7,18-19H. The van der Waals surface area contributed by atoms with Crippen LogP contribution in [0.3, 0.4) is 0 Å². The smallest absolute Gasteiger partial charge is 0.258 e. The highest BCUT2D eigenvalue weighted by Gasteiger charge is 2.12. The average Bonchev–Trinajstić information content (AvgIpc) is 2.92. The molecule has 0 unspecified atom stereocenters. The van der Waals surface area contributed by atoms with Crippen LogP contribution in [0.25, 0.3) is 22.8 Å². The predicted octanol–water partition coefficient (Wildman–Crippen LogP) is 3.58. The van der Waals surface area contributed by atoms with Gasteiger partial charge in [0.1, 0.15) is 0 Å². The molecule has 1 aromatic heterocycles. The van der Waals surface area contributed by atoms with E-state index in [9.17, 15) is 10.2 Å². The molecule has 0 atom stereocenters. The Hall–Kier alpha value is -2.34.